The number of carbonyl (C=O) groups is 5. The molecule has 16 heteroatoms. The Morgan fingerprint density at radius 3 is 2.31 bits per heavy atom. The van der Waals surface area contributed by atoms with Crippen molar-refractivity contribution in [2.75, 3.05) is 74.5 Å². The van der Waals surface area contributed by atoms with Crippen molar-refractivity contribution in [3.8, 4) is 11.3 Å². The molecule has 2 unspecified atom stereocenters. The van der Waals surface area contributed by atoms with E-state index in [1.807, 2.05) is 35.2 Å². The number of carbonyl (C=O) groups excluding carboxylic acids is 5. The summed E-state index contributed by atoms with van der Waals surface area (Å²) in [5.74, 6) is 0.872. The number of imidazole rings is 1. The maximum absolute atomic E-state index is 14.6. The lowest BCUT2D eigenvalue weighted by Gasteiger charge is -2.49. The maximum atomic E-state index is 14.6. The van der Waals surface area contributed by atoms with Gasteiger partial charge in [0.2, 0.25) is 23.6 Å². The molecule has 7 fully saturated rings. The van der Waals surface area contributed by atoms with Crippen LogP contribution in [-0.2, 0) is 29.4 Å². The first kappa shape index (κ1) is 48.4. The van der Waals surface area contributed by atoms with Gasteiger partial charge in [-0.25, -0.2) is 15.0 Å². The number of piperidine rings is 4. The molecule has 382 valence electrons. The highest BCUT2D eigenvalue weighted by Gasteiger charge is 2.48. The molecule has 3 aromatic heterocycles. The van der Waals surface area contributed by atoms with Crippen LogP contribution in [0.2, 0.25) is 0 Å². The minimum absolute atomic E-state index is 0.0712. The van der Waals surface area contributed by atoms with Crippen molar-refractivity contribution < 1.29 is 24.0 Å². The molecule has 0 radical (unpaired) electrons. The van der Waals surface area contributed by atoms with E-state index in [1.54, 1.807) is 6.20 Å². The van der Waals surface area contributed by atoms with E-state index in [4.69, 9.17) is 9.97 Å². The molecule has 2 aliphatic carbocycles. The number of fused-ring (bicyclic) bond motifs is 1. The quantitative estimate of drug-likeness (QED) is 0.106. The van der Waals surface area contributed by atoms with Crippen molar-refractivity contribution in [1.82, 2.24) is 39.5 Å². The van der Waals surface area contributed by atoms with Crippen molar-refractivity contribution in [3.05, 3.63) is 60.0 Å². The van der Waals surface area contributed by atoms with Gasteiger partial charge in [0.25, 0.3) is 0 Å². The number of benzene rings is 1. The summed E-state index contributed by atoms with van der Waals surface area (Å²) in [6.45, 7) is 12.0. The van der Waals surface area contributed by atoms with E-state index in [2.05, 4.69) is 80.0 Å². The predicted octanol–water partition coefficient (Wildman–Crippen LogP) is 6.84. The fourth-order valence-electron chi connectivity index (χ4n) is 12.9. The number of rotatable bonds is 13. The van der Waals surface area contributed by atoms with E-state index < -0.39 is 10.8 Å². The Morgan fingerprint density at radius 2 is 1.62 bits per heavy atom. The van der Waals surface area contributed by atoms with Crippen LogP contribution < -0.4 is 20.4 Å². The smallest absolute Gasteiger partial charge is 0.234 e. The molecule has 2 atom stereocenters. The summed E-state index contributed by atoms with van der Waals surface area (Å²) in [6, 6.07) is 14.1. The van der Waals surface area contributed by atoms with Crippen molar-refractivity contribution in [3.63, 3.8) is 0 Å². The summed E-state index contributed by atoms with van der Waals surface area (Å²) in [6.07, 6.45) is 17.0. The molecule has 72 heavy (non-hydrogen) atoms. The number of imide groups is 1. The third-order valence-corrected chi connectivity index (χ3v) is 17.8. The van der Waals surface area contributed by atoms with E-state index >= 15 is 0 Å². The molecule has 2 N–H and O–H groups in total. The molecule has 0 spiro atoms. The molecule has 4 amide bonds. The lowest BCUT2D eigenvalue weighted by Crippen LogP contribution is -2.55. The van der Waals surface area contributed by atoms with Gasteiger partial charge in [0.05, 0.1) is 34.3 Å². The summed E-state index contributed by atoms with van der Waals surface area (Å²) in [7, 11) is 2.21. The standard InChI is InChI=1S/C56H73N11O5/c1-36(2)67-35-58-46-31-45(60-51(50(46)67)59-40-10-11-40)38-8-13-44(47(28-38)62(4)41-29-42(30-41)63-21-6-5-7-22-63)56(34-68)19-26-65(27-20-56)54(72)55(3)18-25-66(33-55)53(71)37-16-23-64(24-17-37)48-14-9-39(32-57-48)43-12-15-49(69)61-52(43)70/h8-9,13-14,28,31-32,34-37,40-43H,5-7,10-12,15-27,29-30,33H2,1-4H3,(H,59,60)(H,61,69,70). The van der Waals surface area contributed by atoms with Crippen LogP contribution in [0.1, 0.15) is 134 Å². The fourth-order valence-corrected chi connectivity index (χ4v) is 12.9. The van der Waals surface area contributed by atoms with E-state index in [9.17, 15) is 24.0 Å². The number of hydrogen-bond acceptors (Lipinski definition) is 12. The molecule has 5 aliphatic heterocycles. The third kappa shape index (κ3) is 9.25. The fraction of sp³-hybridized carbons (Fsp3) is 0.607. The molecule has 2 saturated carbocycles. The number of aromatic nitrogens is 4. The van der Waals surface area contributed by atoms with E-state index in [1.165, 1.54) is 32.4 Å². The van der Waals surface area contributed by atoms with Crippen molar-refractivity contribution >= 4 is 58.3 Å². The Kier molecular flexibility index (Phi) is 13.1. The number of hydrogen-bond donors (Lipinski definition) is 2. The van der Waals surface area contributed by atoms with Gasteiger partial charge >= 0.3 is 0 Å². The Hall–Kier alpha value is -5.90. The van der Waals surface area contributed by atoms with Crippen LogP contribution in [0.5, 0.6) is 0 Å². The first-order valence-electron chi connectivity index (χ1n) is 27.1. The zero-order valence-electron chi connectivity index (χ0n) is 42.8. The van der Waals surface area contributed by atoms with E-state index in [0.29, 0.717) is 102 Å². The van der Waals surface area contributed by atoms with Crippen molar-refractivity contribution in [2.45, 2.75) is 146 Å². The topological polar surface area (TPSA) is 169 Å². The van der Waals surface area contributed by atoms with Gasteiger partial charge in [-0.2, -0.15) is 0 Å². The zero-order valence-corrected chi connectivity index (χ0v) is 42.8. The average Bonchev–Trinajstić information content (AvgIpc) is 3.94. The summed E-state index contributed by atoms with van der Waals surface area (Å²) in [5.41, 5.74) is 5.23. The van der Waals surface area contributed by atoms with Crippen LogP contribution in [0.4, 0.5) is 17.3 Å². The summed E-state index contributed by atoms with van der Waals surface area (Å²) >= 11 is 0. The second kappa shape index (κ2) is 19.5. The highest BCUT2D eigenvalue weighted by atomic mass is 16.2. The van der Waals surface area contributed by atoms with Crippen LogP contribution in [0.25, 0.3) is 22.3 Å². The molecule has 0 bridgehead atoms. The monoisotopic (exact) mass is 980 g/mol. The summed E-state index contributed by atoms with van der Waals surface area (Å²) in [5, 5.41) is 6.14. The van der Waals surface area contributed by atoms with Crippen LogP contribution >= 0.6 is 0 Å². The molecule has 16 nitrogen and oxygen atoms in total. The Bertz CT molecular complexity index is 2710. The number of pyridine rings is 2. The minimum atomic E-state index is -0.764. The number of likely N-dealkylation sites (tertiary alicyclic amines) is 3. The molecule has 7 aliphatic rings. The van der Waals surface area contributed by atoms with Gasteiger partial charge in [-0.05, 0) is 140 Å². The number of amides is 4. The molecule has 11 rings (SSSR count). The number of anilines is 3. The van der Waals surface area contributed by atoms with Gasteiger partial charge in [0.15, 0.2) is 5.82 Å². The van der Waals surface area contributed by atoms with Crippen LogP contribution in [0.15, 0.2) is 48.9 Å². The van der Waals surface area contributed by atoms with Crippen molar-refractivity contribution in [1.29, 1.82) is 0 Å². The zero-order chi connectivity index (χ0) is 49.9. The molecule has 1 aromatic carbocycles. The van der Waals surface area contributed by atoms with Gasteiger partial charge in [-0.1, -0.05) is 24.6 Å². The Balaban J connectivity index is 0.763. The second-order valence-electron chi connectivity index (χ2n) is 23.0. The van der Waals surface area contributed by atoms with Crippen LogP contribution in [0, 0.1) is 11.3 Å². The summed E-state index contributed by atoms with van der Waals surface area (Å²) in [4.78, 5) is 92.4. The average molecular weight is 980 g/mol. The van der Waals surface area contributed by atoms with Gasteiger partial charge < -0.3 is 39.2 Å². The first-order valence-corrected chi connectivity index (χ1v) is 27.1. The van der Waals surface area contributed by atoms with Gasteiger partial charge in [0.1, 0.15) is 17.6 Å². The van der Waals surface area contributed by atoms with Crippen molar-refractivity contribution in [2.24, 2.45) is 11.3 Å². The molecular weight excluding hydrogens is 907 g/mol. The first-order chi connectivity index (χ1) is 34.8. The lowest BCUT2D eigenvalue weighted by molar-refractivity contribution is -0.144. The van der Waals surface area contributed by atoms with Crippen LogP contribution in [0.3, 0.4) is 0 Å². The van der Waals surface area contributed by atoms with Gasteiger partial charge in [-0.15, -0.1) is 0 Å². The van der Waals surface area contributed by atoms with Crippen LogP contribution in [-0.4, -0.2) is 142 Å². The Labute approximate surface area is 423 Å². The normalized spacial score (nSPS) is 26.2. The molecule has 8 heterocycles. The summed E-state index contributed by atoms with van der Waals surface area (Å²) < 4.78 is 2.20. The third-order valence-electron chi connectivity index (χ3n) is 17.8. The van der Waals surface area contributed by atoms with E-state index in [-0.39, 0.29) is 41.5 Å². The lowest BCUT2D eigenvalue weighted by atomic mass is 9.72. The molecule has 5 saturated heterocycles. The maximum Gasteiger partial charge on any atom is 0.234 e. The number of nitrogens with one attached hydrogen (secondary N) is 2. The molecular formula is C56H73N11O5. The minimum Gasteiger partial charge on any atom is -0.371 e. The predicted molar refractivity (Wildman–Crippen MR) is 278 cm³/mol. The highest BCUT2D eigenvalue weighted by molar-refractivity contribution is 6.01. The highest BCUT2D eigenvalue weighted by Crippen LogP contribution is 2.45. The van der Waals surface area contributed by atoms with Gasteiger partial charge in [0, 0.05) is 100 Å². The largest absolute Gasteiger partial charge is 0.371 e. The number of aldehydes is 1. The SMILES string of the molecule is CC(C)n1cnc2cc(-c3ccc(C4(C=O)CCN(C(=O)C5(C)CCN(C(=O)C6CCN(c7ccc(C8CCC(=O)NC8=O)cn7)CC6)C5)CC4)c(N(C)C4CC(N5CCCCC5)C4)c3)nc(NC3CC3)c21. The number of nitrogens with zero attached hydrogens (tertiary/aromatic N) is 9. The molecule has 4 aromatic rings. The van der Waals surface area contributed by atoms with Gasteiger partial charge in [-0.3, -0.25) is 24.5 Å². The second-order valence-corrected chi connectivity index (χ2v) is 23.0. The Morgan fingerprint density at radius 1 is 0.875 bits per heavy atom. The van der Waals surface area contributed by atoms with E-state index in [0.717, 1.165) is 82.7 Å².